The molecule has 12 nitrogen and oxygen atoms in total. The summed E-state index contributed by atoms with van der Waals surface area (Å²) in [7, 11) is -8.15. The number of piperazine rings is 1. The Kier molecular flexibility index (Phi) is 11.4. The zero-order chi connectivity index (χ0) is 37.6. The minimum Gasteiger partial charge on any atom is -0.378 e. The quantitative estimate of drug-likeness (QED) is 0.104. The normalized spacial score (nSPS) is 13.7. The van der Waals surface area contributed by atoms with Gasteiger partial charge in [0.2, 0.25) is 0 Å². The number of nitro benzene ring substituents is 1. The number of sulfone groups is 1. The van der Waals surface area contributed by atoms with Crippen molar-refractivity contribution in [2.75, 3.05) is 48.7 Å². The van der Waals surface area contributed by atoms with E-state index in [0.717, 1.165) is 73.3 Å². The number of hydrogen-bond donors (Lipinski definition) is 2. The molecular formula is C38H36ClN5O7S2. The SMILES string of the molecule is O=C(NS(=O)(=O)c1ccc(NCCS(=O)(=O)c2ccccc2)c([N+](=O)[O-])c1)c1ccc(N2CCN(Cc3cc(Cl)ccc3-c3ccccc3)CC2)cc1. The van der Waals surface area contributed by atoms with E-state index in [1.54, 1.807) is 30.3 Å². The topological polar surface area (TPSA) is 159 Å². The molecule has 2 N–H and O–H groups in total. The lowest BCUT2D eigenvalue weighted by molar-refractivity contribution is -0.384. The Bertz CT molecular complexity index is 2320. The Balaban J connectivity index is 1.05. The lowest BCUT2D eigenvalue weighted by Crippen LogP contribution is -2.46. The molecule has 1 fully saturated rings. The summed E-state index contributed by atoms with van der Waals surface area (Å²) in [6.45, 7) is 3.67. The van der Waals surface area contributed by atoms with Crippen LogP contribution in [0.25, 0.3) is 11.1 Å². The second-order valence-electron chi connectivity index (χ2n) is 12.4. The van der Waals surface area contributed by atoms with Gasteiger partial charge in [0, 0.05) is 61.6 Å². The summed E-state index contributed by atoms with van der Waals surface area (Å²) in [5, 5.41) is 15.2. The third-order valence-electron chi connectivity index (χ3n) is 8.90. The van der Waals surface area contributed by atoms with Gasteiger partial charge in [0.1, 0.15) is 5.69 Å². The molecule has 0 aliphatic carbocycles. The number of nitrogens with zero attached hydrogens (tertiary/aromatic N) is 3. The van der Waals surface area contributed by atoms with Crippen LogP contribution in [-0.2, 0) is 26.4 Å². The van der Waals surface area contributed by atoms with Gasteiger partial charge in [-0.05, 0) is 77.4 Å². The Morgan fingerprint density at radius 2 is 1.43 bits per heavy atom. The van der Waals surface area contributed by atoms with E-state index in [4.69, 9.17) is 11.6 Å². The number of sulfonamides is 1. The van der Waals surface area contributed by atoms with Crippen molar-refractivity contribution in [1.29, 1.82) is 0 Å². The summed E-state index contributed by atoms with van der Waals surface area (Å²) in [4.78, 5) is 28.2. The van der Waals surface area contributed by atoms with Crippen molar-refractivity contribution in [3.8, 4) is 11.1 Å². The maximum absolute atomic E-state index is 13.1. The molecular weight excluding hydrogens is 738 g/mol. The highest BCUT2D eigenvalue weighted by atomic mass is 35.5. The molecule has 1 heterocycles. The number of halogens is 1. The predicted molar refractivity (Wildman–Crippen MR) is 206 cm³/mol. The maximum Gasteiger partial charge on any atom is 0.293 e. The number of benzene rings is 5. The fraction of sp³-hybridized carbons (Fsp3) is 0.184. The zero-order valence-corrected chi connectivity index (χ0v) is 30.8. The van der Waals surface area contributed by atoms with Gasteiger partial charge in [-0.2, -0.15) is 0 Å². The van der Waals surface area contributed by atoms with Crippen LogP contribution < -0.4 is 14.9 Å². The van der Waals surface area contributed by atoms with Gasteiger partial charge >= 0.3 is 0 Å². The average molecular weight is 774 g/mol. The van der Waals surface area contributed by atoms with Gasteiger partial charge in [-0.25, -0.2) is 21.6 Å². The van der Waals surface area contributed by atoms with Gasteiger partial charge in [-0.15, -0.1) is 0 Å². The molecule has 15 heteroatoms. The van der Waals surface area contributed by atoms with E-state index in [0.29, 0.717) is 5.02 Å². The largest absolute Gasteiger partial charge is 0.378 e. The third-order valence-corrected chi connectivity index (χ3v) is 12.2. The van der Waals surface area contributed by atoms with E-state index in [1.165, 1.54) is 24.3 Å². The van der Waals surface area contributed by atoms with Gasteiger partial charge in [0.25, 0.3) is 21.6 Å². The highest BCUT2D eigenvalue weighted by Crippen LogP contribution is 2.30. The van der Waals surface area contributed by atoms with Gasteiger partial charge in [0.05, 0.1) is 20.5 Å². The maximum atomic E-state index is 13.1. The molecule has 274 valence electrons. The van der Waals surface area contributed by atoms with E-state index in [2.05, 4.69) is 33.3 Å². The summed E-state index contributed by atoms with van der Waals surface area (Å²) in [6, 6.07) is 33.6. The van der Waals surface area contributed by atoms with Crippen LogP contribution in [-0.4, -0.2) is 71.0 Å². The molecule has 0 unspecified atom stereocenters. The van der Waals surface area contributed by atoms with E-state index in [-0.39, 0.29) is 28.4 Å². The van der Waals surface area contributed by atoms with Crippen LogP contribution in [0.15, 0.2) is 131 Å². The van der Waals surface area contributed by atoms with Crippen molar-refractivity contribution in [2.24, 2.45) is 0 Å². The first-order chi connectivity index (χ1) is 25.4. The Hall–Kier alpha value is -5.28. The first kappa shape index (κ1) is 37.5. The van der Waals surface area contributed by atoms with E-state index in [1.807, 2.05) is 35.1 Å². The molecule has 0 atom stereocenters. The molecule has 1 saturated heterocycles. The Labute approximate surface area is 313 Å². The second-order valence-corrected chi connectivity index (χ2v) is 16.6. The van der Waals surface area contributed by atoms with Crippen molar-refractivity contribution < 1.29 is 26.6 Å². The number of rotatable bonds is 13. The molecule has 53 heavy (non-hydrogen) atoms. The minimum absolute atomic E-state index is 0.0682. The molecule has 0 saturated carbocycles. The number of nitrogens with one attached hydrogen (secondary N) is 2. The van der Waals surface area contributed by atoms with Gasteiger partial charge in [-0.3, -0.25) is 19.8 Å². The van der Waals surface area contributed by atoms with Crippen molar-refractivity contribution in [2.45, 2.75) is 16.3 Å². The minimum atomic E-state index is -4.50. The van der Waals surface area contributed by atoms with Gasteiger partial charge in [-0.1, -0.05) is 66.2 Å². The Morgan fingerprint density at radius 1 is 0.774 bits per heavy atom. The summed E-state index contributed by atoms with van der Waals surface area (Å²) in [5.41, 5.74) is 3.74. The number of anilines is 2. The van der Waals surface area contributed by atoms with Crippen LogP contribution in [0, 0.1) is 10.1 Å². The molecule has 6 rings (SSSR count). The molecule has 1 aliphatic rings. The van der Waals surface area contributed by atoms with Crippen molar-refractivity contribution >= 4 is 54.4 Å². The number of carbonyl (C=O) groups is 1. The third kappa shape index (κ3) is 9.21. The summed E-state index contributed by atoms with van der Waals surface area (Å²) >= 11 is 6.36. The van der Waals surface area contributed by atoms with Gasteiger partial charge < -0.3 is 10.2 Å². The molecule has 0 radical (unpaired) electrons. The van der Waals surface area contributed by atoms with Crippen molar-refractivity contribution in [3.05, 3.63) is 148 Å². The summed E-state index contributed by atoms with van der Waals surface area (Å²) < 4.78 is 53.4. The molecule has 0 aromatic heterocycles. The molecule has 1 aliphatic heterocycles. The number of amides is 1. The van der Waals surface area contributed by atoms with Crippen LogP contribution in [0.2, 0.25) is 5.02 Å². The highest BCUT2D eigenvalue weighted by Gasteiger charge is 2.25. The van der Waals surface area contributed by atoms with Gasteiger partial charge in [0.15, 0.2) is 9.84 Å². The van der Waals surface area contributed by atoms with Crippen molar-refractivity contribution in [1.82, 2.24) is 9.62 Å². The van der Waals surface area contributed by atoms with Crippen LogP contribution in [0.5, 0.6) is 0 Å². The average Bonchev–Trinajstić information content (AvgIpc) is 3.16. The monoisotopic (exact) mass is 773 g/mol. The first-order valence-electron chi connectivity index (χ1n) is 16.7. The van der Waals surface area contributed by atoms with E-state index in [9.17, 15) is 31.7 Å². The Morgan fingerprint density at radius 3 is 2.09 bits per heavy atom. The van der Waals surface area contributed by atoms with E-state index < -0.39 is 41.3 Å². The number of hydrogen-bond acceptors (Lipinski definition) is 10. The smallest absolute Gasteiger partial charge is 0.293 e. The second kappa shape index (κ2) is 16.2. The summed E-state index contributed by atoms with van der Waals surface area (Å²) in [5.74, 6) is -1.24. The standard InChI is InChI=1S/C38H36ClN5O7S2/c39-31-13-17-35(28-7-3-1-4-8-28)30(25-31)27-42-20-22-43(23-21-42)32-14-11-29(12-15-32)38(45)41-53(50,51)34-16-18-36(37(26-34)44(46)47)40-19-24-52(48,49)33-9-5-2-6-10-33/h1-18,25-26,40H,19-24,27H2,(H,41,45). The fourth-order valence-electron chi connectivity index (χ4n) is 6.11. The molecule has 5 aromatic carbocycles. The highest BCUT2D eigenvalue weighted by molar-refractivity contribution is 7.91. The predicted octanol–water partition coefficient (Wildman–Crippen LogP) is 6.24. The first-order valence-corrected chi connectivity index (χ1v) is 20.2. The molecule has 5 aromatic rings. The number of nitro groups is 1. The summed E-state index contributed by atoms with van der Waals surface area (Å²) in [6.07, 6.45) is 0. The lowest BCUT2D eigenvalue weighted by atomic mass is 9.99. The zero-order valence-electron chi connectivity index (χ0n) is 28.4. The molecule has 1 amide bonds. The van der Waals surface area contributed by atoms with E-state index >= 15 is 0 Å². The lowest BCUT2D eigenvalue weighted by Gasteiger charge is -2.36. The van der Waals surface area contributed by atoms with Crippen LogP contribution in [0.4, 0.5) is 17.1 Å². The number of carbonyl (C=O) groups excluding carboxylic acids is 1. The van der Waals surface area contributed by atoms with Crippen LogP contribution in [0.3, 0.4) is 0 Å². The molecule has 0 spiro atoms. The van der Waals surface area contributed by atoms with Crippen LogP contribution >= 0.6 is 11.6 Å². The van der Waals surface area contributed by atoms with Crippen molar-refractivity contribution in [3.63, 3.8) is 0 Å². The molecule has 0 bridgehead atoms. The van der Waals surface area contributed by atoms with Crippen LogP contribution in [0.1, 0.15) is 15.9 Å². The fourth-order valence-corrected chi connectivity index (χ4v) is 8.47.